The van der Waals surface area contributed by atoms with Gasteiger partial charge in [-0.05, 0) is 70.6 Å². The first-order valence-electron chi connectivity index (χ1n) is 9.65. The summed E-state index contributed by atoms with van der Waals surface area (Å²) in [5.74, 6) is 0.132. The topological polar surface area (TPSA) is 102 Å². The summed E-state index contributed by atoms with van der Waals surface area (Å²) in [5, 5.41) is 12.1. The van der Waals surface area contributed by atoms with Crippen LogP contribution in [0.15, 0.2) is 24.3 Å². The average Bonchev–Trinajstić information content (AvgIpc) is 2.61. The lowest BCUT2D eigenvalue weighted by Gasteiger charge is -2.27. The van der Waals surface area contributed by atoms with Crippen LogP contribution in [0, 0.1) is 5.92 Å². The van der Waals surface area contributed by atoms with E-state index in [1.807, 2.05) is 45.0 Å². The van der Waals surface area contributed by atoms with E-state index in [1.165, 1.54) is 0 Å². The number of carbonyl (C=O) groups is 2. The van der Waals surface area contributed by atoms with Crippen LogP contribution in [0.3, 0.4) is 0 Å². The zero-order chi connectivity index (χ0) is 20.0. The van der Waals surface area contributed by atoms with Crippen molar-refractivity contribution in [3.8, 4) is 5.75 Å². The van der Waals surface area contributed by atoms with Crippen LogP contribution < -0.4 is 15.8 Å². The first-order chi connectivity index (χ1) is 12.7. The Kier molecular flexibility index (Phi) is 7.39. The highest BCUT2D eigenvalue weighted by Crippen LogP contribution is 2.24. The Bertz CT molecular complexity index is 629. The molecule has 27 heavy (non-hydrogen) atoms. The lowest BCUT2D eigenvalue weighted by Crippen LogP contribution is -2.47. The SMILES string of the molecule is CC(C)(C)Oc1ccc(CC(NC(=O)C2CCC(N)CC2)C(=O)CO)cc1. The number of hydrogen-bond acceptors (Lipinski definition) is 5. The number of amides is 1. The first-order valence-corrected chi connectivity index (χ1v) is 9.65. The molecule has 6 nitrogen and oxygen atoms in total. The van der Waals surface area contributed by atoms with Crippen LogP contribution in [0.25, 0.3) is 0 Å². The summed E-state index contributed by atoms with van der Waals surface area (Å²) in [6.45, 7) is 5.34. The van der Waals surface area contributed by atoms with Crippen molar-refractivity contribution in [2.75, 3.05) is 6.61 Å². The molecule has 0 heterocycles. The number of ketones is 1. The minimum Gasteiger partial charge on any atom is -0.488 e. The third-order valence-electron chi connectivity index (χ3n) is 4.79. The fourth-order valence-corrected chi connectivity index (χ4v) is 3.31. The number of ether oxygens (including phenoxy) is 1. The Morgan fingerprint density at radius 3 is 2.30 bits per heavy atom. The molecule has 150 valence electrons. The molecule has 0 radical (unpaired) electrons. The first kappa shape index (κ1) is 21.4. The average molecular weight is 376 g/mol. The van der Waals surface area contributed by atoms with Gasteiger partial charge in [-0.25, -0.2) is 0 Å². The molecule has 1 aromatic rings. The summed E-state index contributed by atoms with van der Waals surface area (Å²) < 4.78 is 5.80. The largest absolute Gasteiger partial charge is 0.488 e. The molecule has 1 saturated carbocycles. The third kappa shape index (κ3) is 6.96. The Morgan fingerprint density at radius 1 is 1.19 bits per heavy atom. The minimum absolute atomic E-state index is 0.110. The highest BCUT2D eigenvalue weighted by Gasteiger charge is 2.28. The number of hydrogen-bond donors (Lipinski definition) is 3. The molecule has 2 rings (SSSR count). The van der Waals surface area contributed by atoms with Crippen LogP contribution in [0.2, 0.25) is 0 Å². The summed E-state index contributed by atoms with van der Waals surface area (Å²) in [4.78, 5) is 24.7. The maximum absolute atomic E-state index is 12.5. The number of benzene rings is 1. The molecule has 0 spiro atoms. The van der Waals surface area contributed by atoms with Crippen molar-refractivity contribution in [2.45, 2.75) is 70.6 Å². The predicted molar refractivity (Wildman–Crippen MR) is 104 cm³/mol. The maximum Gasteiger partial charge on any atom is 0.223 e. The maximum atomic E-state index is 12.5. The summed E-state index contributed by atoms with van der Waals surface area (Å²) >= 11 is 0. The molecule has 1 aliphatic carbocycles. The van der Waals surface area contributed by atoms with E-state index in [1.54, 1.807) is 0 Å². The van der Waals surface area contributed by atoms with Gasteiger partial charge in [0.2, 0.25) is 5.91 Å². The van der Waals surface area contributed by atoms with Crippen molar-refractivity contribution in [2.24, 2.45) is 11.7 Å². The second kappa shape index (κ2) is 9.33. The second-order valence-electron chi connectivity index (χ2n) is 8.36. The highest BCUT2D eigenvalue weighted by atomic mass is 16.5. The third-order valence-corrected chi connectivity index (χ3v) is 4.79. The monoisotopic (exact) mass is 376 g/mol. The summed E-state index contributed by atoms with van der Waals surface area (Å²) in [6.07, 6.45) is 3.47. The number of rotatable bonds is 7. The van der Waals surface area contributed by atoms with Crippen LogP contribution in [0.1, 0.15) is 52.0 Å². The van der Waals surface area contributed by atoms with Crippen LogP contribution in [-0.4, -0.2) is 41.1 Å². The number of aliphatic hydroxyl groups excluding tert-OH is 1. The molecule has 1 unspecified atom stereocenters. The summed E-state index contributed by atoms with van der Waals surface area (Å²) in [7, 11) is 0. The van der Waals surface area contributed by atoms with E-state index >= 15 is 0 Å². The van der Waals surface area contributed by atoms with Gasteiger partial charge in [-0.15, -0.1) is 0 Å². The van der Waals surface area contributed by atoms with Gasteiger partial charge in [0.05, 0.1) is 6.04 Å². The minimum atomic E-state index is -0.729. The van der Waals surface area contributed by atoms with Gasteiger partial charge < -0.3 is 20.9 Å². The molecule has 1 atom stereocenters. The van der Waals surface area contributed by atoms with Crippen LogP contribution in [0.5, 0.6) is 5.75 Å². The predicted octanol–water partition coefficient (Wildman–Crippen LogP) is 1.97. The Morgan fingerprint density at radius 2 is 1.78 bits per heavy atom. The molecule has 1 aromatic carbocycles. The van der Waals surface area contributed by atoms with Gasteiger partial charge in [0.1, 0.15) is 18.0 Å². The van der Waals surface area contributed by atoms with E-state index in [2.05, 4.69) is 5.32 Å². The fraction of sp³-hybridized carbons (Fsp3) is 0.619. The zero-order valence-corrected chi connectivity index (χ0v) is 16.5. The van der Waals surface area contributed by atoms with E-state index in [0.29, 0.717) is 6.42 Å². The number of nitrogens with one attached hydrogen (secondary N) is 1. The zero-order valence-electron chi connectivity index (χ0n) is 16.5. The van der Waals surface area contributed by atoms with E-state index in [9.17, 15) is 14.7 Å². The second-order valence-corrected chi connectivity index (χ2v) is 8.36. The van der Waals surface area contributed by atoms with Crippen LogP contribution >= 0.6 is 0 Å². The van der Waals surface area contributed by atoms with Gasteiger partial charge in [0.15, 0.2) is 5.78 Å². The molecule has 0 aliphatic heterocycles. The van der Waals surface area contributed by atoms with Gasteiger partial charge in [-0.2, -0.15) is 0 Å². The van der Waals surface area contributed by atoms with Gasteiger partial charge in [0, 0.05) is 12.0 Å². The van der Waals surface area contributed by atoms with Crippen molar-refractivity contribution in [3.05, 3.63) is 29.8 Å². The van der Waals surface area contributed by atoms with Gasteiger partial charge >= 0.3 is 0 Å². The van der Waals surface area contributed by atoms with Crippen LogP contribution in [0.4, 0.5) is 0 Å². The molecule has 1 amide bonds. The molecular formula is C21H32N2O4. The Labute approximate surface area is 161 Å². The fourth-order valence-electron chi connectivity index (χ4n) is 3.31. The van der Waals surface area contributed by atoms with E-state index < -0.39 is 12.6 Å². The van der Waals surface area contributed by atoms with Crippen molar-refractivity contribution in [1.29, 1.82) is 0 Å². The van der Waals surface area contributed by atoms with E-state index in [-0.39, 0.29) is 29.3 Å². The molecule has 6 heteroatoms. The lowest BCUT2D eigenvalue weighted by atomic mass is 9.85. The van der Waals surface area contributed by atoms with Crippen molar-refractivity contribution >= 4 is 11.7 Å². The summed E-state index contributed by atoms with van der Waals surface area (Å²) in [6, 6.07) is 6.90. The van der Waals surface area contributed by atoms with Crippen molar-refractivity contribution < 1.29 is 19.4 Å². The number of aliphatic hydroxyl groups is 1. The molecule has 1 aliphatic rings. The van der Waals surface area contributed by atoms with Crippen LogP contribution in [-0.2, 0) is 16.0 Å². The van der Waals surface area contributed by atoms with Crippen molar-refractivity contribution in [1.82, 2.24) is 5.32 Å². The normalized spacial score (nSPS) is 21.4. The highest BCUT2D eigenvalue weighted by molar-refractivity contribution is 5.90. The van der Waals surface area contributed by atoms with Gasteiger partial charge in [0.25, 0.3) is 0 Å². The molecule has 4 N–H and O–H groups in total. The number of carbonyl (C=O) groups excluding carboxylic acids is 2. The van der Waals surface area contributed by atoms with Gasteiger partial charge in [-0.3, -0.25) is 9.59 Å². The number of Topliss-reactive ketones (excluding diaryl/α,β-unsaturated/α-hetero) is 1. The molecule has 0 aromatic heterocycles. The molecule has 0 bridgehead atoms. The van der Waals surface area contributed by atoms with E-state index in [0.717, 1.165) is 37.0 Å². The smallest absolute Gasteiger partial charge is 0.223 e. The quantitative estimate of drug-likeness (QED) is 0.675. The molecule has 0 saturated heterocycles. The Balaban J connectivity index is 1.99. The standard InChI is InChI=1S/C21H32N2O4/c1-21(2,3)27-17-10-4-14(5-11-17)12-18(19(25)13-24)23-20(26)15-6-8-16(22)9-7-15/h4-5,10-11,15-16,18,24H,6-9,12-13,22H2,1-3H3,(H,23,26). The lowest BCUT2D eigenvalue weighted by molar-refractivity contribution is -0.132. The van der Waals surface area contributed by atoms with Crippen molar-refractivity contribution in [3.63, 3.8) is 0 Å². The molecule has 1 fully saturated rings. The summed E-state index contributed by atoms with van der Waals surface area (Å²) in [5.41, 5.74) is 6.50. The number of nitrogens with two attached hydrogens (primary N) is 1. The molecular weight excluding hydrogens is 344 g/mol. The van der Waals surface area contributed by atoms with E-state index in [4.69, 9.17) is 10.5 Å². The van der Waals surface area contributed by atoms with Gasteiger partial charge in [-0.1, -0.05) is 12.1 Å². The Hall–Kier alpha value is -1.92.